The van der Waals surface area contributed by atoms with Crippen molar-refractivity contribution in [1.82, 2.24) is 4.90 Å². The van der Waals surface area contributed by atoms with Crippen LogP contribution in [0.4, 0.5) is 0 Å². The number of carbonyl (C=O) groups is 1. The van der Waals surface area contributed by atoms with Gasteiger partial charge in [-0.05, 0) is 44.2 Å². The van der Waals surface area contributed by atoms with E-state index in [2.05, 4.69) is 0 Å². The zero-order valence-corrected chi connectivity index (χ0v) is 15.0. The fourth-order valence-electron chi connectivity index (χ4n) is 3.81. The summed E-state index contributed by atoms with van der Waals surface area (Å²) in [6, 6.07) is 3.61. The molecule has 1 spiro atoms. The van der Waals surface area contributed by atoms with Crippen LogP contribution in [0.1, 0.15) is 35.6 Å². The Morgan fingerprint density at radius 3 is 2.88 bits per heavy atom. The second-order valence-corrected chi connectivity index (χ2v) is 8.77. The summed E-state index contributed by atoms with van der Waals surface area (Å²) >= 11 is 1.97. The number of ether oxygens (including phenoxy) is 2. The van der Waals surface area contributed by atoms with Gasteiger partial charge < -0.3 is 18.8 Å². The highest BCUT2D eigenvalue weighted by molar-refractivity contribution is 8.01. The Morgan fingerprint density at radius 2 is 2.17 bits per heavy atom. The maximum Gasteiger partial charge on any atom is 0.289 e. The molecule has 0 radical (unpaired) electrons. The van der Waals surface area contributed by atoms with E-state index in [4.69, 9.17) is 13.9 Å². The average Bonchev–Trinajstić information content (AvgIpc) is 3.18. The first kappa shape index (κ1) is 16.5. The van der Waals surface area contributed by atoms with Crippen LogP contribution in [0.25, 0.3) is 0 Å². The summed E-state index contributed by atoms with van der Waals surface area (Å²) in [7, 11) is 0. The zero-order valence-electron chi connectivity index (χ0n) is 14.2. The second-order valence-electron chi connectivity index (χ2n) is 7.28. The summed E-state index contributed by atoms with van der Waals surface area (Å²) in [6.45, 7) is 6.10. The van der Waals surface area contributed by atoms with E-state index in [1.54, 1.807) is 6.07 Å². The van der Waals surface area contributed by atoms with E-state index in [1.165, 1.54) is 0 Å². The van der Waals surface area contributed by atoms with E-state index in [9.17, 15) is 4.79 Å². The molecule has 0 aromatic carbocycles. The molecule has 1 atom stereocenters. The number of nitrogens with zero attached hydrogens (tertiary/aromatic N) is 1. The summed E-state index contributed by atoms with van der Waals surface area (Å²) in [4.78, 5) is 14.3. The SMILES string of the molecule is Cc1ccc(C(=O)N2CC3(CC(OCC4CCOCC4)CS3)C2)o1. The van der Waals surface area contributed by atoms with Crippen LogP contribution in [0.2, 0.25) is 0 Å². The molecule has 4 heterocycles. The molecule has 3 fully saturated rings. The standard InChI is InChI=1S/C18H25NO4S/c1-13-2-3-16(23-13)17(20)19-11-18(12-19)8-15(10-24-18)22-9-14-4-6-21-7-5-14/h2-3,14-15H,4-12H2,1H3. The van der Waals surface area contributed by atoms with Gasteiger partial charge in [-0.2, -0.15) is 0 Å². The van der Waals surface area contributed by atoms with Crippen LogP contribution in [-0.4, -0.2) is 60.3 Å². The lowest BCUT2D eigenvalue weighted by Gasteiger charge is -2.47. The van der Waals surface area contributed by atoms with Crippen molar-refractivity contribution in [3.63, 3.8) is 0 Å². The monoisotopic (exact) mass is 351 g/mol. The number of rotatable bonds is 4. The Morgan fingerprint density at radius 1 is 1.38 bits per heavy atom. The van der Waals surface area contributed by atoms with Gasteiger partial charge in [0, 0.05) is 38.7 Å². The van der Waals surface area contributed by atoms with E-state index in [0.717, 1.165) is 63.7 Å². The lowest BCUT2D eigenvalue weighted by molar-refractivity contribution is -0.0120. The Labute approximate surface area is 147 Å². The van der Waals surface area contributed by atoms with Crippen molar-refractivity contribution in [1.29, 1.82) is 0 Å². The Balaban J connectivity index is 1.23. The minimum Gasteiger partial charge on any atom is -0.456 e. The molecule has 3 aliphatic rings. The molecular weight excluding hydrogens is 326 g/mol. The molecular formula is C18H25NO4S. The molecule has 4 rings (SSSR count). The maximum absolute atomic E-state index is 12.4. The van der Waals surface area contributed by atoms with Gasteiger partial charge >= 0.3 is 0 Å². The molecule has 24 heavy (non-hydrogen) atoms. The molecule has 0 aliphatic carbocycles. The third-order valence-corrected chi connectivity index (χ3v) is 6.86. The van der Waals surface area contributed by atoms with Crippen LogP contribution in [-0.2, 0) is 9.47 Å². The van der Waals surface area contributed by atoms with Gasteiger partial charge in [-0.15, -0.1) is 11.8 Å². The fourth-order valence-corrected chi connectivity index (χ4v) is 5.36. The van der Waals surface area contributed by atoms with E-state index in [1.807, 2.05) is 29.7 Å². The highest BCUT2D eigenvalue weighted by Gasteiger charge is 2.51. The molecule has 3 aliphatic heterocycles. The molecule has 0 saturated carbocycles. The summed E-state index contributed by atoms with van der Waals surface area (Å²) in [6.07, 6.45) is 3.63. The average molecular weight is 351 g/mol. The van der Waals surface area contributed by atoms with Crippen molar-refractivity contribution in [2.45, 2.75) is 37.0 Å². The van der Waals surface area contributed by atoms with Crippen LogP contribution < -0.4 is 0 Å². The normalized spacial score (nSPS) is 26.7. The molecule has 1 aromatic rings. The molecule has 1 amide bonds. The van der Waals surface area contributed by atoms with Crippen LogP contribution in [0.15, 0.2) is 16.5 Å². The van der Waals surface area contributed by atoms with Crippen molar-refractivity contribution in [2.75, 3.05) is 38.7 Å². The van der Waals surface area contributed by atoms with Gasteiger partial charge in [-0.1, -0.05) is 0 Å². The highest BCUT2D eigenvalue weighted by atomic mass is 32.2. The largest absolute Gasteiger partial charge is 0.456 e. The fraction of sp³-hybridized carbons (Fsp3) is 0.722. The van der Waals surface area contributed by atoms with Gasteiger partial charge in [0.2, 0.25) is 0 Å². The lowest BCUT2D eigenvalue weighted by Crippen LogP contribution is -2.60. The zero-order chi connectivity index (χ0) is 16.6. The van der Waals surface area contributed by atoms with Crippen LogP contribution >= 0.6 is 11.8 Å². The maximum atomic E-state index is 12.4. The molecule has 5 nitrogen and oxygen atoms in total. The van der Waals surface area contributed by atoms with Crippen molar-refractivity contribution in [3.05, 3.63) is 23.7 Å². The Bertz CT molecular complexity index is 590. The summed E-state index contributed by atoms with van der Waals surface area (Å²) < 4.78 is 17.2. The number of hydrogen-bond donors (Lipinski definition) is 0. The van der Waals surface area contributed by atoms with Crippen LogP contribution in [0, 0.1) is 12.8 Å². The third-order valence-electron chi connectivity index (χ3n) is 5.28. The predicted molar refractivity (Wildman–Crippen MR) is 92.4 cm³/mol. The minimum atomic E-state index is 0.0147. The number of carbonyl (C=O) groups excluding carboxylic acids is 1. The molecule has 6 heteroatoms. The first-order valence-electron chi connectivity index (χ1n) is 8.83. The molecule has 132 valence electrons. The third kappa shape index (κ3) is 3.37. The number of amides is 1. The molecule has 0 N–H and O–H groups in total. The minimum absolute atomic E-state index is 0.0147. The lowest BCUT2D eigenvalue weighted by atomic mass is 9.92. The molecule has 0 bridgehead atoms. The van der Waals surface area contributed by atoms with Gasteiger partial charge in [-0.3, -0.25) is 4.79 Å². The Hall–Kier alpha value is -0.980. The highest BCUT2D eigenvalue weighted by Crippen LogP contribution is 2.46. The quantitative estimate of drug-likeness (QED) is 0.835. The molecule has 1 aromatic heterocycles. The summed E-state index contributed by atoms with van der Waals surface area (Å²) in [5.41, 5.74) is 0. The summed E-state index contributed by atoms with van der Waals surface area (Å²) in [5.74, 6) is 2.96. The van der Waals surface area contributed by atoms with Gasteiger partial charge in [0.15, 0.2) is 5.76 Å². The number of furan rings is 1. The van der Waals surface area contributed by atoms with Crippen molar-refractivity contribution in [2.24, 2.45) is 5.92 Å². The van der Waals surface area contributed by atoms with Gasteiger partial charge in [0.25, 0.3) is 5.91 Å². The van der Waals surface area contributed by atoms with E-state index >= 15 is 0 Å². The van der Waals surface area contributed by atoms with Crippen LogP contribution in [0.3, 0.4) is 0 Å². The molecule has 1 unspecified atom stereocenters. The first-order chi connectivity index (χ1) is 11.6. The number of aryl methyl sites for hydroxylation is 1. The number of thioether (sulfide) groups is 1. The van der Waals surface area contributed by atoms with Gasteiger partial charge in [0.05, 0.1) is 10.9 Å². The molecule has 3 saturated heterocycles. The van der Waals surface area contributed by atoms with E-state index in [-0.39, 0.29) is 10.7 Å². The van der Waals surface area contributed by atoms with Crippen molar-refractivity contribution < 1.29 is 18.7 Å². The predicted octanol–water partition coefficient (Wildman–Crippen LogP) is 2.73. The van der Waals surface area contributed by atoms with Gasteiger partial charge in [0.1, 0.15) is 5.76 Å². The summed E-state index contributed by atoms with van der Waals surface area (Å²) in [5, 5.41) is 0. The van der Waals surface area contributed by atoms with Crippen LogP contribution in [0.5, 0.6) is 0 Å². The smallest absolute Gasteiger partial charge is 0.289 e. The number of likely N-dealkylation sites (tertiary alicyclic amines) is 1. The van der Waals surface area contributed by atoms with Crippen molar-refractivity contribution >= 4 is 17.7 Å². The van der Waals surface area contributed by atoms with E-state index < -0.39 is 0 Å². The first-order valence-corrected chi connectivity index (χ1v) is 9.81. The number of hydrogen-bond acceptors (Lipinski definition) is 5. The Kier molecular flexibility index (Phi) is 4.62. The topological polar surface area (TPSA) is 51.9 Å². The van der Waals surface area contributed by atoms with Gasteiger partial charge in [-0.25, -0.2) is 0 Å². The van der Waals surface area contributed by atoms with E-state index in [0.29, 0.717) is 17.8 Å². The second kappa shape index (κ2) is 6.73. The van der Waals surface area contributed by atoms with Crippen molar-refractivity contribution in [3.8, 4) is 0 Å².